The number of hydrogen-bond donors (Lipinski definition) is 1. The van der Waals surface area contributed by atoms with Crippen LogP contribution in [0.1, 0.15) is 46.2 Å². The van der Waals surface area contributed by atoms with Crippen LogP contribution in [0.5, 0.6) is 0 Å². The summed E-state index contributed by atoms with van der Waals surface area (Å²) in [6.07, 6.45) is 3.33. The fourth-order valence-corrected chi connectivity index (χ4v) is 2.11. The lowest BCUT2D eigenvalue weighted by Crippen LogP contribution is -2.54. The Balaban J connectivity index is 2.86. The van der Waals surface area contributed by atoms with Gasteiger partial charge in [0.15, 0.2) is 0 Å². The van der Waals surface area contributed by atoms with Gasteiger partial charge < -0.3 is 10.6 Å². The van der Waals surface area contributed by atoms with E-state index in [9.17, 15) is 4.79 Å². The highest BCUT2D eigenvalue weighted by Crippen LogP contribution is 2.17. The smallest absolute Gasteiger partial charge is 0.242 e. The largest absolute Gasteiger partial charge is 0.333 e. The lowest BCUT2D eigenvalue weighted by Gasteiger charge is -2.34. The van der Waals surface area contributed by atoms with Gasteiger partial charge in [0.2, 0.25) is 5.91 Å². The van der Waals surface area contributed by atoms with E-state index in [1.54, 1.807) is 11.1 Å². The molecule has 1 heterocycles. The van der Waals surface area contributed by atoms with E-state index >= 15 is 0 Å². The molecule has 1 aromatic heterocycles. The van der Waals surface area contributed by atoms with Gasteiger partial charge in [-0.2, -0.15) is 0 Å². The van der Waals surface area contributed by atoms with E-state index in [2.05, 4.69) is 4.98 Å². The Bertz CT molecular complexity index is 401. The van der Waals surface area contributed by atoms with E-state index in [0.717, 1.165) is 12.1 Å². The molecule has 1 rings (SSSR count). The van der Waals surface area contributed by atoms with Gasteiger partial charge in [0.25, 0.3) is 0 Å². The third-order valence-corrected chi connectivity index (χ3v) is 3.20. The molecule has 0 aliphatic rings. The van der Waals surface area contributed by atoms with Crippen molar-refractivity contribution in [3.05, 3.63) is 30.1 Å². The summed E-state index contributed by atoms with van der Waals surface area (Å²) in [5.74, 6) is -0.00463. The maximum atomic E-state index is 12.6. The highest BCUT2D eigenvalue weighted by atomic mass is 16.2. The van der Waals surface area contributed by atoms with Crippen LogP contribution in [0.3, 0.4) is 0 Å². The Kier molecular flexibility index (Phi) is 5.48. The Labute approximate surface area is 116 Å². The van der Waals surface area contributed by atoms with Gasteiger partial charge in [0.05, 0.1) is 17.8 Å². The molecule has 0 spiro atoms. The second-order valence-electron chi connectivity index (χ2n) is 5.52. The summed E-state index contributed by atoms with van der Waals surface area (Å²) in [5, 5.41) is 0. The van der Waals surface area contributed by atoms with E-state index in [0.29, 0.717) is 13.0 Å². The highest BCUT2D eigenvalue weighted by molar-refractivity contribution is 5.85. The first-order valence-corrected chi connectivity index (χ1v) is 6.88. The third-order valence-electron chi connectivity index (χ3n) is 3.20. The first-order valence-electron chi connectivity index (χ1n) is 6.88. The van der Waals surface area contributed by atoms with Crippen molar-refractivity contribution in [3.8, 4) is 0 Å². The first kappa shape index (κ1) is 15.6. The molecule has 0 saturated carbocycles. The second-order valence-corrected chi connectivity index (χ2v) is 5.52. The van der Waals surface area contributed by atoms with Crippen LogP contribution in [-0.4, -0.2) is 27.4 Å². The molecule has 1 amide bonds. The van der Waals surface area contributed by atoms with Gasteiger partial charge in [-0.3, -0.25) is 9.78 Å². The van der Waals surface area contributed by atoms with Gasteiger partial charge in [-0.05, 0) is 39.3 Å². The SMILES string of the molecule is CCCC(C)(N)C(=O)N(Cc1ccccn1)C(C)C. The molecule has 4 heteroatoms. The van der Waals surface area contributed by atoms with Gasteiger partial charge in [0.1, 0.15) is 0 Å². The second kappa shape index (κ2) is 6.66. The fraction of sp³-hybridized carbons (Fsp3) is 0.600. The van der Waals surface area contributed by atoms with Gasteiger partial charge in [-0.25, -0.2) is 0 Å². The number of rotatable bonds is 6. The van der Waals surface area contributed by atoms with Crippen molar-refractivity contribution in [3.63, 3.8) is 0 Å². The number of carbonyl (C=O) groups is 1. The van der Waals surface area contributed by atoms with Crippen LogP contribution < -0.4 is 5.73 Å². The minimum Gasteiger partial charge on any atom is -0.333 e. The molecule has 0 aromatic carbocycles. The Morgan fingerprint density at radius 2 is 2.16 bits per heavy atom. The first-order chi connectivity index (χ1) is 8.88. The van der Waals surface area contributed by atoms with Gasteiger partial charge in [-0.15, -0.1) is 0 Å². The molecule has 0 aliphatic carbocycles. The van der Waals surface area contributed by atoms with Crippen LogP contribution in [0.4, 0.5) is 0 Å². The van der Waals surface area contributed by atoms with E-state index < -0.39 is 5.54 Å². The van der Waals surface area contributed by atoms with Crippen molar-refractivity contribution in [2.45, 2.75) is 58.7 Å². The summed E-state index contributed by atoms with van der Waals surface area (Å²) in [6.45, 7) is 8.36. The van der Waals surface area contributed by atoms with Crippen LogP contribution >= 0.6 is 0 Å². The van der Waals surface area contributed by atoms with Gasteiger partial charge in [0, 0.05) is 12.2 Å². The molecule has 2 N–H and O–H groups in total. The summed E-state index contributed by atoms with van der Waals surface area (Å²) >= 11 is 0. The van der Waals surface area contributed by atoms with Crippen molar-refractivity contribution < 1.29 is 4.79 Å². The number of nitrogens with zero attached hydrogens (tertiary/aromatic N) is 2. The molecule has 0 saturated heterocycles. The molecule has 0 fully saturated rings. The van der Waals surface area contributed by atoms with E-state index in [4.69, 9.17) is 5.73 Å². The Hall–Kier alpha value is -1.42. The van der Waals surface area contributed by atoms with Crippen molar-refractivity contribution >= 4 is 5.91 Å². The lowest BCUT2D eigenvalue weighted by atomic mass is 9.95. The minimum absolute atomic E-state index is 0.00463. The van der Waals surface area contributed by atoms with Gasteiger partial charge in [-0.1, -0.05) is 19.4 Å². The van der Waals surface area contributed by atoms with Gasteiger partial charge >= 0.3 is 0 Å². The molecule has 19 heavy (non-hydrogen) atoms. The number of carbonyl (C=O) groups excluding carboxylic acids is 1. The van der Waals surface area contributed by atoms with Crippen LogP contribution in [0.15, 0.2) is 24.4 Å². The van der Waals surface area contributed by atoms with Crippen LogP contribution in [0, 0.1) is 0 Å². The molecular weight excluding hydrogens is 238 g/mol. The Morgan fingerprint density at radius 3 is 2.63 bits per heavy atom. The summed E-state index contributed by atoms with van der Waals surface area (Å²) in [7, 11) is 0. The zero-order chi connectivity index (χ0) is 14.5. The third kappa shape index (κ3) is 4.31. The summed E-state index contributed by atoms with van der Waals surface area (Å²) in [5.41, 5.74) is 6.24. The van der Waals surface area contributed by atoms with Crippen LogP contribution in [-0.2, 0) is 11.3 Å². The molecule has 1 aromatic rings. The van der Waals surface area contributed by atoms with Crippen molar-refractivity contribution in [1.82, 2.24) is 9.88 Å². The predicted octanol–water partition coefficient (Wildman–Crippen LogP) is 2.34. The maximum absolute atomic E-state index is 12.6. The molecule has 0 aliphatic heterocycles. The predicted molar refractivity (Wildman–Crippen MR) is 77.4 cm³/mol. The van der Waals surface area contributed by atoms with Crippen LogP contribution in [0.2, 0.25) is 0 Å². The molecule has 106 valence electrons. The molecule has 1 unspecified atom stereocenters. The standard InChI is InChI=1S/C15H25N3O/c1-5-9-15(4,16)14(19)18(12(2)3)11-13-8-6-7-10-17-13/h6-8,10,12H,5,9,11,16H2,1-4H3. The quantitative estimate of drug-likeness (QED) is 0.857. The maximum Gasteiger partial charge on any atom is 0.242 e. The number of pyridine rings is 1. The van der Waals surface area contributed by atoms with Crippen molar-refractivity contribution in [1.29, 1.82) is 0 Å². The average Bonchev–Trinajstić information content (AvgIpc) is 2.36. The minimum atomic E-state index is -0.798. The van der Waals surface area contributed by atoms with Crippen molar-refractivity contribution in [2.75, 3.05) is 0 Å². The zero-order valence-electron chi connectivity index (χ0n) is 12.4. The zero-order valence-corrected chi connectivity index (χ0v) is 12.4. The normalized spacial score (nSPS) is 14.2. The average molecular weight is 263 g/mol. The van der Waals surface area contributed by atoms with E-state index in [1.165, 1.54) is 0 Å². The number of hydrogen-bond acceptors (Lipinski definition) is 3. The molecule has 4 nitrogen and oxygen atoms in total. The van der Waals surface area contributed by atoms with E-state index in [1.807, 2.05) is 45.9 Å². The fourth-order valence-electron chi connectivity index (χ4n) is 2.11. The molecular formula is C15H25N3O. The highest BCUT2D eigenvalue weighted by Gasteiger charge is 2.33. The lowest BCUT2D eigenvalue weighted by molar-refractivity contribution is -0.139. The molecule has 0 bridgehead atoms. The topological polar surface area (TPSA) is 59.2 Å². The molecule has 1 atom stereocenters. The molecule has 0 radical (unpaired) electrons. The van der Waals surface area contributed by atoms with Crippen molar-refractivity contribution in [2.24, 2.45) is 5.73 Å². The summed E-state index contributed by atoms with van der Waals surface area (Å²) < 4.78 is 0. The Morgan fingerprint density at radius 1 is 1.47 bits per heavy atom. The number of nitrogens with two attached hydrogens (primary N) is 1. The monoisotopic (exact) mass is 263 g/mol. The summed E-state index contributed by atoms with van der Waals surface area (Å²) in [4.78, 5) is 18.7. The van der Waals surface area contributed by atoms with Crippen LogP contribution in [0.25, 0.3) is 0 Å². The number of amides is 1. The number of aromatic nitrogens is 1. The summed E-state index contributed by atoms with van der Waals surface area (Å²) in [6, 6.07) is 5.83. The van der Waals surface area contributed by atoms with E-state index in [-0.39, 0.29) is 11.9 Å².